The topological polar surface area (TPSA) is 44.7 Å². The van der Waals surface area contributed by atoms with Crippen LogP contribution in [0.2, 0.25) is 0 Å². The van der Waals surface area contributed by atoms with Crippen LogP contribution in [0.3, 0.4) is 0 Å². The van der Waals surface area contributed by atoms with E-state index in [4.69, 9.17) is 4.74 Å². The van der Waals surface area contributed by atoms with Gasteiger partial charge in [-0.1, -0.05) is 6.92 Å². The fraction of sp³-hybridized carbons (Fsp3) is 0.647. The van der Waals surface area contributed by atoms with Crippen molar-refractivity contribution in [1.82, 2.24) is 10.2 Å². The molecule has 130 valence electrons. The Bertz CT molecular complexity index is 515. The van der Waals surface area contributed by atoms with Crippen molar-refractivity contribution in [2.45, 2.75) is 38.5 Å². The van der Waals surface area contributed by atoms with Crippen molar-refractivity contribution in [1.29, 1.82) is 0 Å². The standard InChI is InChI=1S/C17H26F2N2O2/c1-11-9-21(3)12(2)6-17(11)20-8-13(22)10-23-14-4-5-15(18)16(19)7-14/h4-5,7,11-13,17,20,22H,6,8-10H2,1-3H3. The number of rotatable bonds is 6. The Morgan fingerprint density at radius 3 is 2.78 bits per heavy atom. The van der Waals surface area contributed by atoms with Crippen LogP contribution in [0.1, 0.15) is 20.3 Å². The lowest BCUT2D eigenvalue weighted by molar-refractivity contribution is 0.0826. The molecule has 2 rings (SSSR count). The molecule has 1 aromatic rings. The Morgan fingerprint density at radius 1 is 1.35 bits per heavy atom. The molecule has 2 N–H and O–H groups in total. The molecule has 0 bridgehead atoms. The molecule has 0 radical (unpaired) electrons. The van der Waals surface area contributed by atoms with E-state index in [1.54, 1.807) is 0 Å². The summed E-state index contributed by atoms with van der Waals surface area (Å²) in [5.74, 6) is -1.14. The van der Waals surface area contributed by atoms with Gasteiger partial charge in [0.05, 0.1) is 0 Å². The van der Waals surface area contributed by atoms with Gasteiger partial charge in [0.15, 0.2) is 11.6 Å². The van der Waals surface area contributed by atoms with E-state index >= 15 is 0 Å². The molecule has 4 nitrogen and oxygen atoms in total. The van der Waals surface area contributed by atoms with Gasteiger partial charge in [0.2, 0.25) is 0 Å². The fourth-order valence-corrected chi connectivity index (χ4v) is 2.93. The third kappa shape index (κ3) is 5.12. The van der Waals surface area contributed by atoms with E-state index in [0.29, 0.717) is 24.5 Å². The summed E-state index contributed by atoms with van der Waals surface area (Å²) >= 11 is 0. The van der Waals surface area contributed by atoms with Gasteiger partial charge in [0.1, 0.15) is 18.5 Å². The summed E-state index contributed by atoms with van der Waals surface area (Å²) in [6, 6.07) is 4.21. The molecule has 0 saturated carbocycles. The molecule has 1 aliphatic rings. The van der Waals surface area contributed by atoms with Crippen LogP contribution in [-0.4, -0.2) is 54.9 Å². The normalized spacial score (nSPS) is 27.0. The second-order valence-corrected chi connectivity index (χ2v) is 6.56. The zero-order valence-electron chi connectivity index (χ0n) is 13.9. The van der Waals surface area contributed by atoms with Crippen LogP contribution in [0.15, 0.2) is 18.2 Å². The van der Waals surface area contributed by atoms with Crippen LogP contribution < -0.4 is 10.1 Å². The molecule has 1 aromatic carbocycles. The number of hydrogen-bond acceptors (Lipinski definition) is 4. The molecule has 4 unspecified atom stereocenters. The van der Waals surface area contributed by atoms with Crippen molar-refractivity contribution in [2.75, 3.05) is 26.7 Å². The molecule has 1 aliphatic heterocycles. The van der Waals surface area contributed by atoms with Crippen molar-refractivity contribution < 1.29 is 18.6 Å². The molecular formula is C17H26F2N2O2. The lowest BCUT2D eigenvalue weighted by Crippen LogP contribution is -2.52. The van der Waals surface area contributed by atoms with Crippen molar-refractivity contribution in [3.8, 4) is 5.75 Å². The first-order valence-corrected chi connectivity index (χ1v) is 8.06. The van der Waals surface area contributed by atoms with E-state index in [-0.39, 0.29) is 12.4 Å². The Hall–Kier alpha value is -1.24. The highest BCUT2D eigenvalue weighted by Gasteiger charge is 2.28. The van der Waals surface area contributed by atoms with Crippen molar-refractivity contribution in [3.63, 3.8) is 0 Å². The van der Waals surface area contributed by atoms with Crippen LogP contribution >= 0.6 is 0 Å². The number of hydrogen-bond donors (Lipinski definition) is 2. The molecule has 23 heavy (non-hydrogen) atoms. The van der Waals surface area contributed by atoms with Crippen LogP contribution in [0.5, 0.6) is 5.75 Å². The maximum Gasteiger partial charge on any atom is 0.162 e. The Labute approximate surface area is 136 Å². The molecule has 0 amide bonds. The molecule has 0 aromatic heterocycles. The number of aliphatic hydroxyl groups is 1. The third-order valence-electron chi connectivity index (χ3n) is 4.56. The van der Waals surface area contributed by atoms with Gasteiger partial charge in [-0.2, -0.15) is 0 Å². The van der Waals surface area contributed by atoms with E-state index in [2.05, 4.69) is 31.1 Å². The summed E-state index contributed by atoms with van der Waals surface area (Å²) in [7, 11) is 2.13. The van der Waals surface area contributed by atoms with Crippen molar-refractivity contribution >= 4 is 0 Å². The van der Waals surface area contributed by atoms with Gasteiger partial charge in [-0.25, -0.2) is 8.78 Å². The van der Waals surface area contributed by atoms with E-state index in [1.807, 2.05) is 0 Å². The van der Waals surface area contributed by atoms with Gasteiger partial charge in [-0.15, -0.1) is 0 Å². The quantitative estimate of drug-likeness (QED) is 0.839. The van der Waals surface area contributed by atoms with Crippen LogP contribution in [0, 0.1) is 17.6 Å². The smallest absolute Gasteiger partial charge is 0.162 e. The second kappa shape index (κ2) is 8.04. The van der Waals surface area contributed by atoms with E-state index < -0.39 is 17.7 Å². The maximum atomic E-state index is 13.1. The summed E-state index contributed by atoms with van der Waals surface area (Å²) in [5.41, 5.74) is 0. The summed E-state index contributed by atoms with van der Waals surface area (Å²) in [4.78, 5) is 2.34. The summed E-state index contributed by atoms with van der Waals surface area (Å²) in [6.07, 6.45) is 0.333. The van der Waals surface area contributed by atoms with E-state index in [9.17, 15) is 13.9 Å². The molecular weight excluding hydrogens is 302 g/mol. The fourth-order valence-electron chi connectivity index (χ4n) is 2.93. The Balaban J connectivity index is 1.74. The predicted octanol–water partition coefficient (Wildman–Crippen LogP) is 2.02. The lowest BCUT2D eigenvalue weighted by Gasteiger charge is -2.40. The molecule has 1 saturated heterocycles. The zero-order chi connectivity index (χ0) is 17.0. The maximum absolute atomic E-state index is 13.1. The van der Waals surface area contributed by atoms with Gasteiger partial charge >= 0.3 is 0 Å². The van der Waals surface area contributed by atoms with Gasteiger partial charge in [0.25, 0.3) is 0 Å². The lowest BCUT2D eigenvalue weighted by atomic mass is 9.90. The summed E-state index contributed by atoms with van der Waals surface area (Å²) in [5, 5.41) is 13.4. The first-order valence-electron chi connectivity index (χ1n) is 8.06. The van der Waals surface area contributed by atoms with Crippen LogP contribution in [-0.2, 0) is 0 Å². The first-order chi connectivity index (χ1) is 10.9. The van der Waals surface area contributed by atoms with Gasteiger partial charge in [-0.05, 0) is 38.4 Å². The zero-order valence-corrected chi connectivity index (χ0v) is 13.9. The SMILES string of the molecule is CC1CN(C)C(C)CC1NCC(O)COc1ccc(F)c(F)c1. The van der Waals surface area contributed by atoms with Gasteiger partial charge in [-0.3, -0.25) is 0 Å². The second-order valence-electron chi connectivity index (χ2n) is 6.56. The monoisotopic (exact) mass is 328 g/mol. The van der Waals surface area contributed by atoms with Crippen LogP contribution in [0.25, 0.3) is 0 Å². The number of halogens is 2. The summed E-state index contributed by atoms with van der Waals surface area (Å²) < 4.78 is 31.2. The first kappa shape index (κ1) is 18.1. The van der Waals surface area contributed by atoms with Crippen LogP contribution in [0.4, 0.5) is 8.78 Å². The minimum absolute atomic E-state index is 0.0363. The van der Waals surface area contributed by atoms with Gasteiger partial charge < -0.3 is 20.1 Å². The number of ether oxygens (including phenoxy) is 1. The highest BCUT2D eigenvalue weighted by Crippen LogP contribution is 2.20. The van der Waals surface area contributed by atoms with Crippen molar-refractivity contribution in [3.05, 3.63) is 29.8 Å². The minimum atomic E-state index is -0.954. The van der Waals surface area contributed by atoms with E-state index in [1.165, 1.54) is 6.07 Å². The van der Waals surface area contributed by atoms with E-state index in [0.717, 1.165) is 25.1 Å². The highest BCUT2D eigenvalue weighted by atomic mass is 19.2. The minimum Gasteiger partial charge on any atom is -0.491 e. The average Bonchev–Trinajstić information content (AvgIpc) is 2.50. The molecule has 0 aliphatic carbocycles. The molecule has 1 fully saturated rings. The molecule has 1 heterocycles. The van der Waals surface area contributed by atoms with Gasteiger partial charge in [0, 0.05) is 31.2 Å². The molecule has 6 heteroatoms. The molecule has 0 spiro atoms. The Morgan fingerprint density at radius 2 is 2.09 bits per heavy atom. The predicted molar refractivity (Wildman–Crippen MR) is 85.5 cm³/mol. The number of nitrogens with zero attached hydrogens (tertiary/aromatic N) is 1. The van der Waals surface area contributed by atoms with Crippen molar-refractivity contribution in [2.24, 2.45) is 5.92 Å². The number of aliphatic hydroxyl groups excluding tert-OH is 1. The number of nitrogens with one attached hydrogen (secondary N) is 1. The number of benzene rings is 1. The largest absolute Gasteiger partial charge is 0.491 e. The highest BCUT2D eigenvalue weighted by molar-refractivity contribution is 5.23. The molecule has 4 atom stereocenters. The average molecular weight is 328 g/mol. The third-order valence-corrected chi connectivity index (χ3v) is 4.56. The Kier molecular flexibility index (Phi) is 6.33. The number of piperidine rings is 1. The summed E-state index contributed by atoms with van der Waals surface area (Å²) in [6.45, 7) is 5.87. The number of likely N-dealkylation sites (tertiary alicyclic amines) is 1.